The van der Waals surface area contributed by atoms with E-state index in [2.05, 4.69) is 94.8 Å². The highest BCUT2D eigenvalue weighted by Gasteiger charge is 2.35. The molecule has 5 aliphatic heterocycles. The van der Waals surface area contributed by atoms with Gasteiger partial charge in [-0.15, -0.1) is 21.9 Å². The number of rotatable bonds is 45. The van der Waals surface area contributed by atoms with Crippen molar-refractivity contribution in [2.24, 2.45) is 0 Å². The summed E-state index contributed by atoms with van der Waals surface area (Å²) in [7, 11) is 0. The topological polar surface area (TPSA) is 548 Å². The van der Waals surface area contributed by atoms with E-state index in [9.17, 15) is 48.6 Å². The van der Waals surface area contributed by atoms with Crippen molar-refractivity contribution in [3.63, 3.8) is 0 Å². The molecule has 0 aromatic carbocycles. The van der Waals surface area contributed by atoms with Gasteiger partial charge in [-0.25, -0.2) is 24.0 Å². The number of aliphatic hydroxyl groups excluding tert-OH is 2. The minimum absolute atomic E-state index is 0.0877. The second kappa shape index (κ2) is 61.4. The molecule has 800 valence electrons. The second-order valence-electron chi connectivity index (χ2n) is 38.2. The Bertz CT molecular complexity index is 4240. The number of aliphatic hydroxyl groups is 2. The molecule has 7 N–H and O–H groups in total. The maximum absolute atomic E-state index is 12.5. The highest BCUT2D eigenvalue weighted by Crippen LogP contribution is 2.32. The number of anilines is 5. The van der Waals surface area contributed by atoms with Crippen LogP contribution in [0.5, 0.6) is 29.4 Å². The van der Waals surface area contributed by atoms with Crippen molar-refractivity contribution in [1.82, 2.24) is 70.3 Å². The molecule has 53 heteroatoms. The van der Waals surface area contributed by atoms with Gasteiger partial charge < -0.3 is 147 Å². The predicted molar refractivity (Wildman–Crippen MR) is 527 cm³/mol. The van der Waals surface area contributed by atoms with Crippen LogP contribution in [0.3, 0.4) is 0 Å². The number of ether oxygens (including phenoxy) is 18. The smallest absolute Gasteiger partial charge is 0.347 e. The first-order valence-corrected chi connectivity index (χ1v) is 50.8. The normalized spacial score (nSPS) is 17.0. The lowest BCUT2D eigenvalue weighted by molar-refractivity contribution is -0.171. The molecule has 48 nitrogen and oxygen atoms in total. The van der Waals surface area contributed by atoms with E-state index in [1.54, 1.807) is 0 Å². The van der Waals surface area contributed by atoms with E-state index in [-0.39, 0.29) is 67.1 Å². The molecule has 0 aliphatic carbocycles. The molecule has 0 bridgehead atoms. The maximum atomic E-state index is 12.5. The monoisotopic (exact) mass is 2090 g/mol. The van der Waals surface area contributed by atoms with Crippen LogP contribution in [0.25, 0.3) is 0 Å². The molecule has 5 saturated heterocycles. The Balaban J connectivity index is 0.000000270. The minimum atomic E-state index is -1.18. The number of esters is 8. The van der Waals surface area contributed by atoms with Crippen molar-refractivity contribution in [2.45, 2.75) is 261 Å². The van der Waals surface area contributed by atoms with E-state index < -0.39 is 109 Å². The first-order chi connectivity index (χ1) is 66.5. The maximum Gasteiger partial charge on any atom is 0.347 e. The van der Waals surface area contributed by atoms with E-state index in [1.165, 1.54) is 48.5 Å². The van der Waals surface area contributed by atoms with Crippen LogP contribution >= 0.6 is 58.6 Å². The van der Waals surface area contributed by atoms with Crippen LogP contribution in [-0.2, 0) is 99.9 Å². The molecule has 10 unspecified atom stereocenters. The number of carbonyl (C=O) groups excluding carboxylic acids is 8. The largest absolute Gasteiger partial charge is 0.470 e. The van der Waals surface area contributed by atoms with E-state index >= 15 is 0 Å². The van der Waals surface area contributed by atoms with Crippen LogP contribution in [0.1, 0.15) is 172 Å². The first-order valence-electron chi connectivity index (χ1n) is 47.1. The Hall–Kier alpha value is -8.92. The Kier molecular flexibility index (Phi) is 52.6. The highest BCUT2D eigenvalue weighted by molar-refractivity contribution is 7.00. The van der Waals surface area contributed by atoms with Crippen LogP contribution < -0.4 is 74.8 Å². The summed E-state index contributed by atoms with van der Waals surface area (Å²) in [5, 5.41) is 35.2. The molecule has 10 rings (SSSR count). The predicted octanol–water partition coefficient (Wildman–Crippen LogP) is 4.66. The van der Waals surface area contributed by atoms with Crippen LogP contribution in [0.4, 0.5) is 29.1 Å². The van der Waals surface area contributed by atoms with Crippen molar-refractivity contribution >= 4 is 135 Å². The molecule has 0 spiro atoms. The van der Waals surface area contributed by atoms with Crippen LogP contribution in [-0.4, -0.2) is 388 Å². The molecule has 141 heavy (non-hydrogen) atoms. The van der Waals surface area contributed by atoms with Gasteiger partial charge in [-0.3, -0.25) is 14.4 Å². The first kappa shape index (κ1) is 121. The Labute approximate surface area is 846 Å². The van der Waals surface area contributed by atoms with Gasteiger partial charge in [-0.05, 0) is 145 Å². The van der Waals surface area contributed by atoms with E-state index in [0.717, 1.165) is 84.8 Å². The molecule has 5 aromatic rings. The van der Waals surface area contributed by atoms with Gasteiger partial charge in [-0.2, -0.15) is 21.9 Å². The third-order valence-electron chi connectivity index (χ3n) is 19.6. The molecule has 0 amide bonds. The summed E-state index contributed by atoms with van der Waals surface area (Å²) in [6.07, 6.45) is -7.34. The summed E-state index contributed by atoms with van der Waals surface area (Å²) < 4.78 is 141. The zero-order valence-corrected chi connectivity index (χ0v) is 89.7. The SMILES string of the molecule is CC(=O)OC(C)C(=O)OC(CNC(C)(C)C)COc1nsnc1N1CCOCC1.CC(=O)OC(C)C(=O)OC(CNC(C)(C)C)COc1nsnc1N1CCOCC1.CC(O)C(=O)OC(CNC(C)(C)C)COc1nsnc1N1CCOCC1.CC(O)C(=O)OC(CNC(C)(C)C)COc1nsnc1N1CCOCC1.CCCC(=O)OC(C)C(=O)OC(CNC(C)(C)C)COc1nsnc1N1CCOCC1. The number of morpholine rings is 5. The van der Waals surface area contributed by atoms with E-state index in [4.69, 9.17) is 85.3 Å². The van der Waals surface area contributed by atoms with Crippen LogP contribution in [0, 0.1) is 0 Å². The fourth-order valence-corrected chi connectivity index (χ4v) is 14.8. The van der Waals surface area contributed by atoms with Crippen molar-refractivity contribution < 1.29 is 134 Å². The summed E-state index contributed by atoms with van der Waals surface area (Å²) in [5.41, 5.74) is -0.807. The summed E-state index contributed by atoms with van der Waals surface area (Å²) in [4.78, 5) is 105. The lowest BCUT2D eigenvalue weighted by atomic mass is 10.1. The lowest BCUT2D eigenvalue weighted by Crippen LogP contribution is -2.45. The van der Waals surface area contributed by atoms with E-state index in [0.29, 0.717) is 203 Å². The van der Waals surface area contributed by atoms with E-state index in [1.807, 2.05) is 111 Å². The molecular formula is C88H150N20O28S5. The third kappa shape index (κ3) is 49.0. The Morgan fingerprint density at radius 2 is 0.489 bits per heavy atom. The molecule has 5 aliphatic rings. The molecular weight excluding hydrogens is 1950 g/mol. The van der Waals surface area contributed by atoms with Crippen molar-refractivity contribution in [3.8, 4) is 29.4 Å². The van der Waals surface area contributed by atoms with Gasteiger partial charge in [-0.1, -0.05) is 6.92 Å². The van der Waals surface area contributed by atoms with Gasteiger partial charge in [0.15, 0.2) is 18.3 Å². The molecule has 0 saturated carbocycles. The van der Waals surface area contributed by atoms with Crippen molar-refractivity contribution in [2.75, 3.05) is 222 Å². The molecule has 10 heterocycles. The van der Waals surface area contributed by atoms with Gasteiger partial charge in [0.1, 0.15) is 75.8 Å². The quantitative estimate of drug-likeness (QED) is 0.0206. The van der Waals surface area contributed by atoms with Gasteiger partial charge >= 0.3 is 47.8 Å². The zero-order chi connectivity index (χ0) is 104. The zero-order valence-electron chi connectivity index (χ0n) is 85.7. The van der Waals surface area contributed by atoms with Gasteiger partial charge in [0.25, 0.3) is 29.4 Å². The summed E-state index contributed by atoms with van der Waals surface area (Å²) in [6.45, 7) is 57.7. The number of carbonyl (C=O) groups is 8. The average Bonchev–Trinajstić information content (AvgIpc) is 1.69. The summed E-state index contributed by atoms with van der Waals surface area (Å²) in [5.74, 6) is 0.690. The number of hydrogen-bond acceptors (Lipinski definition) is 53. The van der Waals surface area contributed by atoms with Crippen LogP contribution in [0.15, 0.2) is 0 Å². The van der Waals surface area contributed by atoms with Gasteiger partial charge in [0.2, 0.25) is 29.1 Å². The molecule has 5 aromatic heterocycles. The third-order valence-corrected chi connectivity index (χ3v) is 22.1. The fraction of sp³-hybridized carbons (Fsp3) is 0.795. The van der Waals surface area contributed by atoms with Crippen molar-refractivity contribution in [1.29, 1.82) is 0 Å². The lowest BCUT2D eigenvalue weighted by Gasteiger charge is -2.28. The average molecular weight is 2100 g/mol. The minimum Gasteiger partial charge on any atom is -0.470 e. The fourth-order valence-electron chi connectivity index (χ4n) is 12.2. The molecule has 10 atom stereocenters. The number of nitrogens with one attached hydrogen (secondary N) is 5. The molecule has 0 radical (unpaired) electrons. The second-order valence-corrected chi connectivity index (χ2v) is 40.8. The van der Waals surface area contributed by atoms with Crippen LogP contribution in [0.2, 0.25) is 0 Å². The number of aromatic nitrogens is 10. The summed E-state index contributed by atoms with van der Waals surface area (Å²) >= 11 is 5.36. The van der Waals surface area contributed by atoms with Crippen molar-refractivity contribution in [3.05, 3.63) is 0 Å². The summed E-state index contributed by atoms with van der Waals surface area (Å²) in [6, 6.07) is 0. The molecule has 5 fully saturated rings. The number of nitrogens with zero attached hydrogens (tertiary/aromatic N) is 15. The highest BCUT2D eigenvalue weighted by atomic mass is 32.1. The van der Waals surface area contributed by atoms with Gasteiger partial charge in [0.05, 0.1) is 125 Å². The number of hydrogen-bond donors (Lipinski definition) is 7. The Morgan fingerprint density at radius 3 is 0.660 bits per heavy atom. The standard InChI is InChI=1S/C20H34N4O6S.2C18H30N4O6S.2C16H28N4O5S/c1-6-7-16(25)29-14(2)19(26)30-15(12-21-20(3,4)5)13-28-18-17(22-31-23-18)24-8-10-27-11-9-24;2*1-12(27-13(2)23)17(24)28-14(10-19-18(3,4)5)11-26-16-15(20-29-21-16)22-6-8-25-9-7-22;2*1-11(21)15(22)25-12(9-17-16(2,3)4)10-24-14-13(18-26-19-14)20-5-7-23-8-6-20/h14-15,21H,6-13H2,1-5H3;2*12,14,19H,6-11H2,1-5H3;2*11-12,17,21H,5-10H2,1-4H3. The van der Waals surface area contributed by atoms with Gasteiger partial charge in [0, 0.05) is 146 Å². The Morgan fingerprint density at radius 1 is 0.305 bits per heavy atom.